The lowest BCUT2D eigenvalue weighted by Crippen LogP contribution is -2.51. The topological polar surface area (TPSA) is 251 Å². The fraction of sp³-hybridized carbons (Fsp3) is 0.556. The number of aliphatic carboxylic acids is 5. The van der Waals surface area contributed by atoms with Crippen LogP contribution >= 0.6 is 0 Å². The van der Waals surface area contributed by atoms with Gasteiger partial charge in [-0.15, -0.1) is 0 Å². The number of nitrogens with one attached hydrogen (secondary N) is 1. The number of nitrogens with two attached hydrogens (primary N) is 1. The zero-order valence-corrected chi connectivity index (χ0v) is 23.9. The number of carbonyl (C=O) groups excluding carboxylic acids is 1. The van der Waals surface area contributed by atoms with Gasteiger partial charge in [-0.05, 0) is 43.5 Å². The van der Waals surface area contributed by atoms with Crippen molar-refractivity contribution in [3.05, 3.63) is 29.8 Å². The van der Waals surface area contributed by atoms with Gasteiger partial charge in [0.1, 0.15) is 0 Å². The number of benzene rings is 1. The van der Waals surface area contributed by atoms with Gasteiger partial charge in [0.25, 0.3) is 0 Å². The zero-order valence-electron chi connectivity index (χ0n) is 23.9. The van der Waals surface area contributed by atoms with E-state index in [1.165, 1.54) is 9.80 Å². The minimum Gasteiger partial charge on any atom is -0.480 e. The molecule has 0 aliphatic carbocycles. The third-order valence-corrected chi connectivity index (χ3v) is 6.29. The smallest absolute Gasteiger partial charge is 0.317 e. The zero-order chi connectivity index (χ0) is 32.4. The molecule has 0 saturated heterocycles. The maximum Gasteiger partial charge on any atom is 0.317 e. The van der Waals surface area contributed by atoms with Crippen molar-refractivity contribution < 1.29 is 54.3 Å². The van der Waals surface area contributed by atoms with Crippen LogP contribution in [0.5, 0.6) is 0 Å². The molecular weight excluding hydrogens is 570 g/mol. The first kappa shape index (κ1) is 36.9. The number of carbonyl (C=O) groups is 6. The molecule has 1 aromatic rings. The minimum atomic E-state index is -1.30. The Morgan fingerprint density at radius 1 is 0.674 bits per heavy atom. The number of carboxylic acid groups (broad SMARTS) is 5. The van der Waals surface area contributed by atoms with Crippen molar-refractivity contribution in [1.29, 1.82) is 0 Å². The number of amides is 1. The fourth-order valence-electron chi connectivity index (χ4n) is 4.40. The highest BCUT2D eigenvalue weighted by atomic mass is 16.4. The van der Waals surface area contributed by atoms with Gasteiger partial charge in [0, 0.05) is 37.8 Å². The standard InChI is InChI=1S/C27H41N5O11/c28-9-3-1-2-4-22(33)29-20-7-5-19(6-8-20)12-21(32(17-26(40)41)18-27(42)43)13-30(14-23(34)35)10-11-31(15-24(36)37)16-25(38)39/h5-8,21H,1-4,9-18,28H2,(H,29,33)(H,34,35)(H,36,37)(H,38,39)(H,40,41)(H,42,43). The molecular formula is C27H41N5O11. The van der Waals surface area contributed by atoms with Crippen LogP contribution in [0.2, 0.25) is 0 Å². The van der Waals surface area contributed by atoms with Crippen LogP contribution in [0.3, 0.4) is 0 Å². The molecule has 1 unspecified atom stereocenters. The van der Waals surface area contributed by atoms with Crippen molar-refractivity contribution in [2.24, 2.45) is 5.73 Å². The van der Waals surface area contributed by atoms with Crippen LogP contribution in [0.25, 0.3) is 0 Å². The van der Waals surface area contributed by atoms with E-state index in [1.807, 2.05) is 0 Å². The van der Waals surface area contributed by atoms with Gasteiger partial charge < -0.3 is 36.6 Å². The number of unbranched alkanes of at least 4 members (excludes halogenated alkanes) is 2. The van der Waals surface area contributed by atoms with Crippen LogP contribution in [-0.4, -0.2) is 141 Å². The van der Waals surface area contributed by atoms with Gasteiger partial charge in [-0.1, -0.05) is 18.6 Å². The molecule has 0 fully saturated rings. The Balaban J connectivity index is 3.15. The molecule has 16 heteroatoms. The highest BCUT2D eigenvalue weighted by Crippen LogP contribution is 2.16. The summed E-state index contributed by atoms with van der Waals surface area (Å²) < 4.78 is 0. The number of hydrogen-bond acceptors (Lipinski definition) is 10. The lowest BCUT2D eigenvalue weighted by molar-refractivity contribution is -0.144. The van der Waals surface area contributed by atoms with E-state index in [0.29, 0.717) is 30.6 Å². The van der Waals surface area contributed by atoms with Gasteiger partial charge >= 0.3 is 29.8 Å². The van der Waals surface area contributed by atoms with Crippen molar-refractivity contribution in [2.75, 3.05) is 64.2 Å². The van der Waals surface area contributed by atoms with Gasteiger partial charge in [0.2, 0.25) is 5.91 Å². The van der Waals surface area contributed by atoms with Gasteiger partial charge in [-0.2, -0.15) is 0 Å². The van der Waals surface area contributed by atoms with Gasteiger partial charge in [-0.25, -0.2) is 0 Å². The van der Waals surface area contributed by atoms with Crippen LogP contribution < -0.4 is 11.1 Å². The second kappa shape index (κ2) is 19.9. The Labute approximate surface area is 248 Å². The van der Waals surface area contributed by atoms with E-state index in [4.69, 9.17) is 15.9 Å². The molecule has 240 valence electrons. The summed E-state index contributed by atoms with van der Waals surface area (Å²) in [6, 6.07) is 5.84. The molecule has 0 spiro atoms. The van der Waals surface area contributed by atoms with E-state index in [2.05, 4.69) is 5.32 Å². The van der Waals surface area contributed by atoms with Crippen molar-refractivity contribution in [3.63, 3.8) is 0 Å². The number of anilines is 1. The molecule has 0 aliphatic heterocycles. The molecule has 0 bridgehead atoms. The Bertz CT molecular complexity index is 1050. The number of hydrogen-bond donors (Lipinski definition) is 7. The van der Waals surface area contributed by atoms with Gasteiger partial charge in [0.05, 0.1) is 32.7 Å². The molecule has 16 nitrogen and oxygen atoms in total. The van der Waals surface area contributed by atoms with Crippen molar-refractivity contribution >= 4 is 41.4 Å². The molecule has 0 heterocycles. The highest BCUT2D eigenvalue weighted by Gasteiger charge is 2.27. The summed E-state index contributed by atoms with van der Waals surface area (Å²) in [4.78, 5) is 72.9. The van der Waals surface area contributed by atoms with Crippen molar-refractivity contribution in [2.45, 2.75) is 38.1 Å². The van der Waals surface area contributed by atoms with E-state index in [0.717, 1.165) is 17.7 Å². The first-order chi connectivity index (χ1) is 20.3. The van der Waals surface area contributed by atoms with E-state index >= 15 is 0 Å². The summed E-state index contributed by atoms with van der Waals surface area (Å²) in [5.41, 5.74) is 6.64. The Morgan fingerprint density at radius 3 is 1.65 bits per heavy atom. The second-order valence-corrected chi connectivity index (χ2v) is 10.0. The third-order valence-electron chi connectivity index (χ3n) is 6.29. The van der Waals surface area contributed by atoms with Crippen molar-refractivity contribution in [3.8, 4) is 0 Å². The van der Waals surface area contributed by atoms with E-state index in [9.17, 15) is 44.1 Å². The van der Waals surface area contributed by atoms with Crippen LogP contribution in [0.15, 0.2) is 24.3 Å². The number of carboxylic acids is 5. The maximum absolute atomic E-state index is 12.2. The average molecular weight is 612 g/mol. The highest BCUT2D eigenvalue weighted by molar-refractivity contribution is 5.90. The fourth-order valence-corrected chi connectivity index (χ4v) is 4.40. The predicted molar refractivity (Wildman–Crippen MR) is 153 cm³/mol. The summed E-state index contributed by atoms with van der Waals surface area (Å²) in [5, 5.41) is 49.3. The summed E-state index contributed by atoms with van der Waals surface area (Å²) in [6.45, 7) is -2.83. The summed E-state index contributed by atoms with van der Waals surface area (Å²) in [7, 11) is 0. The average Bonchev–Trinajstić information content (AvgIpc) is 2.88. The summed E-state index contributed by atoms with van der Waals surface area (Å²) in [6.07, 6.45) is 2.81. The van der Waals surface area contributed by atoms with E-state index in [1.54, 1.807) is 24.3 Å². The molecule has 0 saturated carbocycles. The molecule has 1 atom stereocenters. The molecule has 0 aromatic heterocycles. The van der Waals surface area contributed by atoms with E-state index in [-0.39, 0.29) is 32.0 Å². The number of nitrogens with zero attached hydrogens (tertiary/aromatic N) is 3. The molecule has 1 amide bonds. The molecule has 1 aromatic carbocycles. The number of rotatable bonds is 24. The van der Waals surface area contributed by atoms with Gasteiger partial charge in [0.15, 0.2) is 0 Å². The first-order valence-corrected chi connectivity index (χ1v) is 13.7. The molecule has 0 radical (unpaired) electrons. The van der Waals surface area contributed by atoms with Crippen molar-refractivity contribution in [1.82, 2.24) is 14.7 Å². The lowest BCUT2D eigenvalue weighted by Gasteiger charge is -2.34. The monoisotopic (exact) mass is 611 g/mol. The second-order valence-electron chi connectivity index (χ2n) is 10.0. The molecule has 43 heavy (non-hydrogen) atoms. The summed E-state index contributed by atoms with van der Waals surface area (Å²) in [5.74, 6) is -6.55. The lowest BCUT2D eigenvalue weighted by atomic mass is 10.0. The first-order valence-electron chi connectivity index (χ1n) is 13.7. The normalized spacial score (nSPS) is 11.9. The Kier molecular flexibility index (Phi) is 17.1. The Hall–Kier alpha value is -4.12. The third kappa shape index (κ3) is 17.4. The Morgan fingerprint density at radius 2 is 1.16 bits per heavy atom. The van der Waals surface area contributed by atoms with Crippen LogP contribution in [0.4, 0.5) is 5.69 Å². The van der Waals surface area contributed by atoms with Crippen LogP contribution in [0.1, 0.15) is 31.2 Å². The van der Waals surface area contributed by atoms with Crippen LogP contribution in [0, 0.1) is 0 Å². The predicted octanol–water partition coefficient (Wildman–Crippen LogP) is -0.616. The SMILES string of the molecule is NCCCCCC(=O)Nc1ccc(CC(CN(CCN(CC(=O)O)CC(=O)O)CC(=O)O)N(CC(=O)O)CC(=O)O)cc1. The molecule has 8 N–H and O–H groups in total. The summed E-state index contributed by atoms with van der Waals surface area (Å²) >= 11 is 0. The minimum absolute atomic E-state index is 0.0897. The molecule has 0 aliphatic rings. The van der Waals surface area contributed by atoms with E-state index < -0.39 is 68.6 Å². The van der Waals surface area contributed by atoms with Gasteiger partial charge in [-0.3, -0.25) is 43.5 Å². The molecule has 1 rings (SSSR count). The maximum atomic E-state index is 12.2. The largest absolute Gasteiger partial charge is 0.480 e. The van der Waals surface area contributed by atoms with Crippen LogP contribution in [-0.2, 0) is 35.2 Å². The quantitative estimate of drug-likeness (QED) is 0.0720.